The van der Waals surface area contributed by atoms with Gasteiger partial charge < -0.3 is 10.4 Å². The van der Waals surface area contributed by atoms with Crippen molar-refractivity contribution in [3.63, 3.8) is 0 Å². The molecular weight excluding hydrogens is 270 g/mol. The standard InChI is InChI=1S/C14H19N5O2/c1-9(2)8-11(14(20)21)15-12-4-5-13(17-16-12)19-7-6-10(3)18-19/h4-7,9,11H,8H2,1-3H3,(H,15,16)(H,20,21)/t11-/m0/s1. The number of nitrogens with zero attached hydrogens (tertiary/aromatic N) is 4. The molecule has 0 saturated heterocycles. The molecule has 112 valence electrons. The van der Waals surface area contributed by atoms with Crippen LogP contribution in [0.4, 0.5) is 5.82 Å². The first kappa shape index (κ1) is 15.0. The molecule has 0 amide bonds. The number of aromatic nitrogens is 4. The van der Waals surface area contributed by atoms with E-state index in [2.05, 4.69) is 20.6 Å². The van der Waals surface area contributed by atoms with Gasteiger partial charge in [-0.1, -0.05) is 13.8 Å². The molecule has 0 bridgehead atoms. The molecule has 21 heavy (non-hydrogen) atoms. The van der Waals surface area contributed by atoms with Crippen LogP contribution in [0.1, 0.15) is 26.0 Å². The molecule has 0 aromatic carbocycles. The number of carboxylic acids is 1. The topological polar surface area (TPSA) is 92.9 Å². The fourth-order valence-electron chi connectivity index (χ4n) is 1.94. The fraction of sp³-hybridized carbons (Fsp3) is 0.429. The molecule has 2 rings (SSSR count). The third kappa shape index (κ3) is 4.01. The largest absolute Gasteiger partial charge is 0.480 e. The lowest BCUT2D eigenvalue weighted by molar-refractivity contribution is -0.138. The van der Waals surface area contributed by atoms with Gasteiger partial charge in [-0.15, -0.1) is 10.2 Å². The van der Waals surface area contributed by atoms with Crippen LogP contribution in [0.3, 0.4) is 0 Å². The Balaban J connectivity index is 2.09. The van der Waals surface area contributed by atoms with Crippen LogP contribution in [-0.2, 0) is 4.79 Å². The average Bonchev–Trinajstić information content (AvgIpc) is 2.85. The highest BCUT2D eigenvalue weighted by atomic mass is 16.4. The third-order valence-corrected chi connectivity index (χ3v) is 2.93. The second-order valence-corrected chi connectivity index (χ2v) is 5.34. The average molecular weight is 289 g/mol. The van der Waals surface area contributed by atoms with Crippen molar-refractivity contribution in [1.29, 1.82) is 0 Å². The summed E-state index contributed by atoms with van der Waals surface area (Å²) in [7, 11) is 0. The van der Waals surface area contributed by atoms with E-state index < -0.39 is 12.0 Å². The second-order valence-electron chi connectivity index (χ2n) is 5.34. The SMILES string of the molecule is Cc1ccn(-c2ccc(N[C@@H](CC(C)C)C(=O)O)nn2)n1. The van der Waals surface area contributed by atoms with Gasteiger partial charge in [-0.05, 0) is 37.5 Å². The zero-order valence-electron chi connectivity index (χ0n) is 12.3. The van der Waals surface area contributed by atoms with E-state index in [1.807, 2.05) is 26.8 Å². The molecule has 0 aliphatic carbocycles. The molecule has 0 unspecified atom stereocenters. The van der Waals surface area contributed by atoms with Gasteiger partial charge in [0.1, 0.15) is 11.9 Å². The lowest BCUT2D eigenvalue weighted by Crippen LogP contribution is -2.31. The molecule has 2 aromatic rings. The number of aryl methyl sites for hydroxylation is 1. The van der Waals surface area contributed by atoms with Crippen molar-refractivity contribution in [3.05, 3.63) is 30.1 Å². The highest BCUT2D eigenvalue weighted by molar-refractivity contribution is 5.76. The molecule has 0 aliphatic rings. The van der Waals surface area contributed by atoms with Crippen LogP contribution in [0, 0.1) is 12.8 Å². The van der Waals surface area contributed by atoms with Crippen molar-refractivity contribution < 1.29 is 9.90 Å². The first-order valence-electron chi connectivity index (χ1n) is 6.81. The molecule has 0 aliphatic heterocycles. The number of rotatable bonds is 6. The van der Waals surface area contributed by atoms with Gasteiger partial charge in [-0.2, -0.15) is 5.10 Å². The number of anilines is 1. The zero-order chi connectivity index (χ0) is 15.4. The molecule has 0 fully saturated rings. The summed E-state index contributed by atoms with van der Waals surface area (Å²) in [6.07, 6.45) is 2.32. The monoisotopic (exact) mass is 289 g/mol. The van der Waals surface area contributed by atoms with Crippen LogP contribution in [0.15, 0.2) is 24.4 Å². The number of nitrogens with one attached hydrogen (secondary N) is 1. The molecule has 0 radical (unpaired) electrons. The second kappa shape index (κ2) is 6.34. The number of carboxylic acid groups (broad SMARTS) is 1. The Bertz CT molecular complexity index is 606. The maximum atomic E-state index is 11.2. The number of aliphatic carboxylic acids is 1. The molecular formula is C14H19N5O2. The Morgan fingerprint density at radius 2 is 2.10 bits per heavy atom. The number of carbonyl (C=O) groups is 1. The Kier molecular flexibility index (Phi) is 4.52. The minimum Gasteiger partial charge on any atom is -0.480 e. The van der Waals surface area contributed by atoms with Crippen molar-refractivity contribution in [1.82, 2.24) is 20.0 Å². The number of hydrogen-bond donors (Lipinski definition) is 2. The van der Waals surface area contributed by atoms with Gasteiger partial charge >= 0.3 is 5.97 Å². The molecule has 1 atom stereocenters. The highest BCUT2D eigenvalue weighted by Gasteiger charge is 2.19. The van der Waals surface area contributed by atoms with E-state index in [1.54, 1.807) is 23.0 Å². The first-order valence-corrected chi connectivity index (χ1v) is 6.81. The molecule has 2 aromatic heterocycles. The summed E-state index contributed by atoms with van der Waals surface area (Å²) < 4.78 is 1.62. The summed E-state index contributed by atoms with van der Waals surface area (Å²) in [4.78, 5) is 11.2. The van der Waals surface area contributed by atoms with E-state index in [0.717, 1.165) is 5.69 Å². The Labute approximate surface area is 123 Å². The van der Waals surface area contributed by atoms with Crippen LogP contribution < -0.4 is 5.32 Å². The summed E-state index contributed by atoms with van der Waals surface area (Å²) in [6, 6.07) is 4.65. The molecule has 7 nitrogen and oxygen atoms in total. The van der Waals surface area contributed by atoms with Gasteiger partial charge in [-0.25, -0.2) is 9.48 Å². The van der Waals surface area contributed by atoms with E-state index in [9.17, 15) is 9.90 Å². The Morgan fingerprint density at radius 1 is 1.33 bits per heavy atom. The Morgan fingerprint density at radius 3 is 2.57 bits per heavy atom. The summed E-state index contributed by atoms with van der Waals surface area (Å²) in [5.74, 6) is 0.412. The highest BCUT2D eigenvalue weighted by Crippen LogP contribution is 2.12. The summed E-state index contributed by atoms with van der Waals surface area (Å²) >= 11 is 0. The van der Waals surface area contributed by atoms with E-state index in [4.69, 9.17) is 0 Å². The zero-order valence-corrected chi connectivity index (χ0v) is 12.3. The molecule has 7 heteroatoms. The van der Waals surface area contributed by atoms with Gasteiger partial charge in [0.2, 0.25) is 0 Å². The van der Waals surface area contributed by atoms with E-state index in [0.29, 0.717) is 18.1 Å². The normalized spacial score (nSPS) is 12.4. The van der Waals surface area contributed by atoms with Gasteiger partial charge in [0, 0.05) is 6.20 Å². The first-order chi connectivity index (χ1) is 9.95. The van der Waals surface area contributed by atoms with Gasteiger partial charge in [0.05, 0.1) is 5.69 Å². The summed E-state index contributed by atoms with van der Waals surface area (Å²) in [5.41, 5.74) is 0.891. The summed E-state index contributed by atoms with van der Waals surface area (Å²) in [6.45, 7) is 5.85. The van der Waals surface area contributed by atoms with Gasteiger partial charge in [0.15, 0.2) is 5.82 Å². The lowest BCUT2D eigenvalue weighted by Gasteiger charge is -2.16. The van der Waals surface area contributed by atoms with Crippen molar-refractivity contribution in [3.8, 4) is 5.82 Å². The molecule has 0 spiro atoms. The predicted octanol–water partition coefficient (Wildman–Crippen LogP) is 1.88. The van der Waals surface area contributed by atoms with E-state index >= 15 is 0 Å². The van der Waals surface area contributed by atoms with Crippen molar-refractivity contribution in [2.24, 2.45) is 5.92 Å². The summed E-state index contributed by atoms with van der Waals surface area (Å²) in [5, 5.41) is 24.4. The van der Waals surface area contributed by atoms with Crippen LogP contribution in [-0.4, -0.2) is 37.1 Å². The van der Waals surface area contributed by atoms with Crippen molar-refractivity contribution >= 4 is 11.8 Å². The number of hydrogen-bond acceptors (Lipinski definition) is 5. The molecule has 2 N–H and O–H groups in total. The molecule has 2 heterocycles. The van der Waals surface area contributed by atoms with Crippen LogP contribution in [0.5, 0.6) is 0 Å². The van der Waals surface area contributed by atoms with Gasteiger partial charge in [-0.3, -0.25) is 0 Å². The maximum Gasteiger partial charge on any atom is 0.326 e. The molecule has 0 saturated carbocycles. The fourth-order valence-corrected chi connectivity index (χ4v) is 1.94. The quantitative estimate of drug-likeness (QED) is 0.843. The van der Waals surface area contributed by atoms with E-state index in [-0.39, 0.29) is 5.92 Å². The van der Waals surface area contributed by atoms with Crippen LogP contribution in [0.25, 0.3) is 5.82 Å². The third-order valence-electron chi connectivity index (χ3n) is 2.93. The van der Waals surface area contributed by atoms with Crippen molar-refractivity contribution in [2.75, 3.05) is 5.32 Å². The van der Waals surface area contributed by atoms with Crippen LogP contribution >= 0.6 is 0 Å². The maximum absolute atomic E-state index is 11.2. The predicted molar refractivity (Wildman–Crippen MR) is 78.4 cm³/mol. The van der Waals surface area contributed by atoms with Crippen LogP contribution in [0.2, 0.25) is 0 Å². The Hall–Kier alpha value is -2.44. The minimum atomic E-state index is -0.891. The van der Waals surface area contributed by atoms with Gasteiger partial charge in [0.25, 0.3) is 0 Å². The lowest BCUT2D eigenvalue weighted by atomic mass is 10.0. The minimum absolute atomic E-state index is 0.276. The smallest absolute Gasteiger partial charge is 0.326 e. The van der Waals surface area contributed by atoms with E-state index in [1.165, 1.54) is 0 Å². The van der Waals surface area contributed by atoms with Crippen molar-refractivity contribution in [2.45, 2.75) is 33.2 Å².